The second-order valence-corrected chi connectivity index (χ2v) is 6.11. The molecule has 7 nitrogen and oxygen atoms in total. The Labute approximate surface area is 124 Å². The summed E-state index contributed by atoms with van der Waals surface area (Å²) in [6.07, 6.45) is 0. The first-order valence-electron chi connectivity index (χ1n) is 7.08. The molecule has 0 saturated carbocycles. The highest BCUT2D eigenvalue weighted by Gasteiger charge is 2.24. The molecule has 1 aliphatic heterocycles. The van der Waals surface area contributed by atoms with E-state index in [1.807, 2.05) is 0 Å². The SMILES string of the molecule is Cc1nc(N2CCN(CC(C)(C)O)CC2)ccc1[N+](=O)[O-]. The fourth-order valence-electron chi connectivity index (χ4n) is 2.59. The largest absolute Gasteiger partial charge is 0.389 e. The Morgan fingerprint density at radius 3 is 2.43 bits per heavy atom. The van der Waals surface area contributed by atoms with Crippen LogP contribution in [-0.4, -0.2) is 58.2 Å². The Morgan fingerprint density at radius 2 is 1.95 bits per heavy atom. The molecule has 2 heterocycles. The number of rotatable bonds is 4. The number of hydrogen-bond donors (Lipinski definition) is 1. The summed E-state index contributed by atoms with van der Waals surface area (Å²) >= 11 is 0. The predicted octanol–water partition coefficient (Wildman–Crippen LogP) is 1.19. The molecule has 0 bridgehead atoms. The Balaban J connectivity index is 1.99. The van der Waals surface area contributed by atoms with Gasteiger partial charge in [-0.3, -0.25) is 15.0 Å². The predicted molar refractivity (Wildman–Crippen MR) is 80.6 cm³/mol. The monoisotopic (exact) mass is 294 g/mol. The normalized spacial score (nSPS) is 17.0. The molecule has 1 aromatic heterocycles. The van der Waals surface area contributed by atoms with Crippen LogP contribution in [0.15, 0.2) is 12.1 Å². The average Bonchev–Trinajstić information content (AvgIpc) is 2.37. The van der Waals surface area contributed by atoms with E-state index in [9.17, 15) is 15.2 Å². The van der Waals surface area contributed by atoms with E-state index < -0.39 is 10.5 Å². The van der Waals surface area contributed by atoms with Crippen molar-refractivity contribution in [2.75, 3.05) is 37.6 Å². The first-order chi connectivity index (χ1) is 9.76. The molecule has 1 aliphatic rings. The van der Waals surface area contributed by atoms with Crippen molar-refractivity contribution in [2.45, 2.75) is 26.4 Å². The van der Waals surface area contributed by atoms with Crippen molar-refractivity contribution in [3.05, 3.63) is 27.9 Å². The van der Waals surface area contributed by atoms with E-state index in [1.54, 1.807) is 26.8 Å². The molecule has 0 aromatic carbocycles. The number of nitro groups is 1. The number of nitrogens with zero attached hydrogens (tertiary/aromatic N) is 4. The summed E-state index contributed by atoms with van der Waals surface area (Å²) in [4.78, 5) is 19.1. The van der Waals surface area contributed by atoms with Gasteiger partial charge in [0.05, 0.1) is 10.5 Å². The van der Waals surface area contributed by atoms with Gasteiger partial charge in [-0.05, 0) is 26.8 Å². The standard InChI is InChI=1S/C14H22N4O3/c1-11-12(18(20)21)4-5-13(15-11)17-8-6-16(7-9-17)10-14(2,3)19/h4-5,19H,6-10H2,1-3H3. The number of piperazine rings is 1. The number of anilines is 1. The summed E-state index contributed by atoms with van der Waals surface area (Å²) in [5, 5.41) is 20.6. The molecule has 0 aliphatic carbocycles. The van der Waals surface area contributed by atoms with Gasteiger partial charge < -0.3 is 10.0 Å². The van der Waals surface area contributed by atoms with Crippen LogP contribution in [-0.2, 0) is 0 Å². The Hall–Kier alpha value is -1.73. The number of aryl methyl sites for hydroxylation is 1. The highest BCUT2D eigenvalue weighted by atomic mass is 16.6. The fraction of sp³-hybridized carbons (Fsp3) is 0.643. The molecule has 2 rings (SSSR count). The lowest BCUT2D eigenvalue weighted by molar-refractivity contribution is -0.385. The van der Waals surface area contributed by atoms with Crippen molar-refractivity contribution in [1.29, 1.82) is 0 Å². The Bertz CT molecular complexity index is 519. The smallest absolute Gasteiger partial charge is 0.290 e. The highest BCUT2D eigenvalue weighted by molar-refractivity contribution is 5.47. The van der Waals surface area contributed by atoms with Crippen molar-refractivity contribution in [2.24, 2.45) is 0 Å². The number of aromatic nitrogens is 1. The van der Waals surface area contributed by atoms with Gasteiger partial charge in [-0.25, -0.2) is 4.98 Å². The molecule has 0 unspecified atom stereocenters. The maximum absolute atomic E-state index is 10.8. The van der Waals surface area contributed by atoms with Crippen molar-refractivity contribution < 1.29 is 10.0 Å². The molecular weight excluding hydrogens is 272 g/mol. The maximum Gasteiger partial charge on any atom is 0.290 e. The summed E-state index contributed by atoms with van der Waals surface area (Å²) in [6.45, 7) is 9.23. The van der Waals surface area contributed by atoms with E-state index in [0.29, 0.717) is 12.2 Å². The van der Waals surface area contributed by atoms with Crippen LogP contribution < -0.4 is 4.90 Å². The molecule has 0 amide bonds. The van der Waals surface area contributed by atoms with E-state index in [2.05, 4.69) is 14.8 Å². The van der Waals surface area contributed by atoms with Gasteiger partial charge in [-0.2, -0.15) is 0 Å². The minimum Gasteiger partial charge on any atom is -0.389 e. The van der Waals surface area contributed by atoms with Gasteiger partial charge in [-0.1, -0.05) is 0 Å². The van der Waals surface area contributed by atoms with E-state index in [-0.39, 0.29) is 5.69 Å². The zero-order valence-electron chi connectivity index (χ0n) is 12.7. The lowest BCUT2D eigenvalue weighted by Gasteiger charge is -2.37. The summed E-state index contributed by atoms with van der Waals surface area (Å²) in [5.74, 6) is 0.779. The quantitative estimate of drug-likeness (QED) is 0.663. The van der Waals surface area contributed by atoms with Crippen LogP contribution in [0.4, 0.5) is 11.5 Å². The van der Waals surface area contributed by atoms with Crippen LogP contribution in [0.3, 0.4) is 0 Å². The van der Waals surface area contributed by atoms with Crippen molar-refractivity contribution in [3.8, 4) is 0 Å². The van der Waals surface area contributed by atoms with Gasteiger partial charge in [0.2, 0.25) is 0 Å². The van der Waals surface area contributed by atoms with Crippen LogP contribution in [0, 0.1) is 17.0 Å². The molecule has 1 aromatic rings. The molecule has 1 fully saturated rings. The number of pyridine rings is 1. The van der Waals surface area contributed by atoms with Crippen molar-refractivity contribution in [3.63, 3.8) is 0 Å². The zero-order valence-corrected chi connectivity index (χ0v) is 12.7. The molecule has 7 heteroatoms. The van der Waals surface area contributed by atoms with E-state index in [4.69, 9.17) is 0 Å². The van der Waals surface area contributed by atoms with Gasteiger partial charge in [0.15, 0.2) is 0 Å². The number of β-amino-alcohol motifs (C(OH)–C–C–N with tert-alkyl or cyclic N) is 1. The first-order valence-corrected chi connectivity index (χ1v) is 7.08. The zero-order chi connectivity index (χ0) is 15.6. The number of aliphatic hydroxyl groups is 1. The summed E-state index contributed by atoms with van der Waals surface area (Å²) < 4.78 is 0. The van der Waals surface area contributed by atoms with Crippen molar-refractivity contribution in [1.82, 2.24) is 9.88 Å². The second kappa shape index (κ2) is 5.95. The Kier molecular flexibility index (Phi) is 4.43. The van der Waals surface area contributed by atoms with E-state index >= 15 is 0 Å². The molecule has 116 valence electrons. The molecule has 0 spiro atoms. The summed E-state index contributed by atoms with van der Waals surface area (Å²) in [5.41, 5.74) is -0.194. The third kappa shape index (κ3) is 4.12. The topological polar surface area (TPSA) is 82.7 Å². The van der Waals surface area contributed by atoms with Gasteiger partial charge >= 0.3 is 0 Å². The molecule has 1 N–H and O–H groups in total. The fourth-order valence-corrected chi connectivity index (χ4v) is 2.59. The molecule has 1 saturated heterocycles. The van der Waals surface area contributed by atoms with Crippen LogP contribution in [0.25, 0.3) is 0 Å². The van der Waals surface area contributed by atoms with E-state index in [0.717, 1.165) is 32.0 Å². The van der Waals surface area contributed by atoms with Gasteiger partial charge in [-0.15, -0.1) is 0 Å². The number of hydrogen-bond acceptors (Lipinski definition) is 6. The first kappa shape index (κ1) is 15.7. The van der Waals surface area contributed by atoms with Crippen molar-refractivity contribution >= 4 is 11.5 Å². The average molecular weight is 294 g/mol. The van der Waals surface area contributed by atoms with Crippen LogP contribution in [0.1, 0.15) is 19.5 Å². The molecule has 21 heavy (non-hydrogen) atoms. The van der Waals surface area contributed by atoms with E-state index in [1.165, 1.54) is 6.07 Å². The highest BCUT2D eigenvalue weighted by Crippen LogP contribution is 2.21. The van der Waals surface area contributed by atoms with Crippen LogP contribution in [0.2, 0.25) is 0 Å². The summed E-state index contributed by atoms with van der Waals surface area (Å²) in [7, 11) is 0. The van der Waals surface area contributed by atoms with Gasteiger partial charge in [0.25, 0.3) is 5.69 Å². The molecule has 0 atom stereocenters. The van der Waals surface area contributed by atoms with Crippen LogP contribution >= 0.6 is 0 Å². The summed E-state index contributed by atoms with van der Waals surface area (Å²) in [6, 6.07) is 3.22. The maximum atomic E-state index is 10.8. The third-order valence-electron chi connectivity index (χ3n) is 3.55. The lowest BCUT2D eigenvalue weighted by Crippen LogP contribution is -2.50. The van der Waals surface area contributed by atoms with Gasteiger partial charge in [0, 0.05) is 38.8 Å². The molecule has 0 radical (unpaired) electrons. The minimum absolute atomic E-state index is 0.0550. The molecular formula is C14H22N4O3. The second-order valence-electron chi connectivity index (χ2n) is 6.11. The van der Waals surface area contributed by atoms with Crippen LogP contribution in [0.5, 0.6) is 0 Å². The van der Waals surface area contributed by atoms with Gasteiger partial charge in [0.1, 0.15) is 11.5 Å². The third-order valence-corrected chi connectivity index (χ3v) is 3.55. The lowest BCUT2D eigenvalue weighted by atomic mass is 10.1. The minimum atomic E-state index is -0.690. The Morgan fingerprint density at radius 1 is 1.33 bits per heavy atom.